The van der Waals surface area contributed by atoms with Gasteiger partial charge in [-0.15, -0.1) is 0 Å². The summed E-state index contributed by atoms with van der Waals surface area (Å²) in [4.78, 5) is 0. The van der Waals surface area contributed by atoms with Gasteiger partial charge >= 0.3 is 0 Å². The van der Waals surface area contributed by atoms with Gasteiger partial charge in [0.1, 0.15) is 0 Å². The van der Waals surface area contributed by atoms with Crippen LogP contribution in [0.1, 0.15) is 27.7 Å². The minimum atomic E-state index is -0.934. The van der Waals surface area contributed by atoms with E-state index in [0.29, 0.717) is 13.1 Å². The molecule has 4 heteroatoms. The van der Waals surface area contributed by atoms with E-state index in [1.807, 2.05) is 0 Å². The van der Waals surface area contributed by atoms with Crippen molar-refractivity contribution in [2.45, 2.75) is 45.0 Å². The lowest BCUT2D eigenvalue weighted by Crippen LogP contribution is -2.59. The molecule has 1 aliphatic heterocycles. The van der Waals surface area contributed by atoms with Crippen LogP contribution in [0, 0.1) is 11.8 Å². The fourth-order valence-electron chi connectivity index (χ4n) is 2.25. The van der Waals surface area contributed by atoms with Crippen LogP contribution in [-0.4, -0.2) is 45.7 Å². The number of hydrogen-bond acceptors (Lipinski definition) is 4. The highest BCUT2D eigenvalue weighted by Gasteiger charge is 2.44. The number of hydrogen-bond donors (Lipinski definition) is 4. The third-order valence-corrected chi connectivity index (χ3v) is 3.37. The van der Waals surface area contributed by atoms with Gasteiger partial charge in [0.05, 0.1) is 17.3 Å². The van der Waals surface area contributed by atoms with Crippen molar-refractivity contribution in [3.63, 3.8) is 0 Å². The molecule has 0 spiro atoms. The number of aliphatic hydroxyl groups excluding tert-OH is 1. The van der Waals surface area contributed by atoms with Crippen molar-refractivity contribution in [3.05, 3.63) is 0 Å². The second kappa shape index (κ2) is 4.01. The van der Waals surface area contributed by atoms with Gasteiger partial charge in [-0.25, -0.2) is 0 Å². The predicted octanol–water partition coefficient (Wildman–Crippen LogP) is -0.275. The van der Waals surface area contributed by atoms with Gasteiger partial charge in [-0.05, 0) is 27.7 Å². The Balaban J connectivity index is 2.81. The molecular formula is C11H23NO3. The van der Waals surface area contributed by atoms with Crippen LogP contribution in [0.4, 0.5) is 0 Å². The van der Waals surface area contributed by atoms with E-state index in [9.17, 15) is 15.3 Å². The Morgan fingerprint density at radius 3 is 1.53 bits per heavy atom. The lowest BCUT2D eigenvalue weighted by atomic mass is 9.73. The van der Waals surface area contributed by atoms with E-state index in [1.54, 1.807) is 27.7 Å². The lowest BCUT2D eigenvalue weighted by molar-refractivity contribution is -0.125. The monoisotopic (exact) mass is 217 g/mol. The molecule has 0 saturated carbocycles. The van der Waals surface area contributed by atoms with Crippen LogP contribution in [0.3, 0.4) is 0 Å². The van der Waals surface area contributed by atoms with Crippen LogP contribution in [0.5, 0.6) is 0 Å². The first-order valence-electron chi connectivity index (χ1n) is 5.47. The molecule has 15 heavy (non-hydrogen) atoms. The Labute approximate surface area is 91.3 Å². The zero-order chi connectivity index (χ0) is 11.9. The molecule has 1 saturated heterocycles. The Morgan fingerprint density at radius 1 is 0.933 bits per heavy atom. The van der Waals surface area contributed by atoms with Crippen molar-refractivity contribution in [1.82, 2.24) is 5.32 Å². The summed E-state index contributed by atoms with van der Waals surface area (Å²) in [6, 6.07) is 0. The van der Waals surface area contributed by atoms with Crippen molar-refractivity contribution in [2.75, 3.05) is 13.1 Å². The van der Waals surface area contributed by atoms with Gasteiger partial charge in [0.25, 0.3) is 0 Å². The fraction of sp³-hybridized carbons (Fsp3) is 1.00. The number of nitrogens with one attached hydrogen (secondary N) is 1. The van der Waals surface area contributed by atoms with E-state index in [1.165, 1.54) is 0 Å². The van der Waals surface area contributed by atoms with E-state index in [2.05, 4.69) is 5.32 Å². The first-order valence-corrected chi connectivity index (χ1v) is 5.47. The van der Waals surface area contributed by atoms with Crippen molar-refractivity contribution >= 4 is 0 Å². The zero-order valence-corrected chi connectivity index (χ0v) is 9.99. The molecule has 90 valence electrons. The Kier molecular flexibility index (Phi) is 3.45. The molecule has 1 heterocycles. The van der Waals surface area contributed by atoms with Crippen LogP contribution in [-0.2, 0) is 0 Å². The van der Waals surface area contributed by atoms with Crippen molar-refractivity contribution in [1.29, 1.82) is 0 Å². The molecule has 0 amide bonds. The zero-order valence-electron chi connectivity index (χ0n) is 9.99. The quantitative estimate of drug-likeness (QED) is 0.513. The Bertz CT molecular complexity index is 195. The third-order valence-electron chi connectivity index (χ3n) is 3.37. The lowest BCUT2D eigenvalue weighted by Gasteiger charge is -2.45. The molecule has 0 bridgehead atoms. The SMILES string of the molecule is CC(C)(O)[C@@H]1CNC[C@H](C(C)(C)O)C1O. The Morgan fingerprint density at radius 2 is 1.27 bits per heavy atom. The topological polar surface area (TPSA) is 72.7 Å². The average molecular weight is 217 g/mol. The van der Waals surface area contributed by atoms with Crippen LogP contribution in [0.15, 0.2) is 0 Å². The predicted molar refractivity (Wildman–Crippen MR) is 58.5 cm³/mol. The minimum Gasteiger partial charge on any atom is -0.392 e. The van der Waals surface area contributed by atoms with Crippen LogP contribution in [0.2, 0.25) is 0 Å². The van der Waals surface area contributed by atoms with E-state index in [-0.39, 0.29) is 11.8 Å². The summed E-state index contributed by atoms with van der Waals surface area (Å²) in [5, 5.41) is 33.1. The molecule has 1 aliphatic rings. The number of aliphatic hydroxyl groups is 3. The van der Waals surface area contributed by atoms with Gasteiger partial charge in [0, 0.05) is 24.9 Å². The summed E-state index contributed by atoms with van der Waals surface area (Å²) < 4.78 is 0. The van der Waals surface area contributed by atoms with Crippen molar-refractivity contribution < 1.29 is 15.3 Å². The highest BCUT2D eigenvalue weighted by atomic mass is 16.3. The first kappa shape index (κ1) is 12.9. The number of piperidine rings is 1. The molecule has 1 fully saturated rings. The summed E-state index contributed by atoms with van der Waals surface area (Å²) in [7, 11) is 0. The summed E-state index contributed by atoms with van der Waals surface area (Å²) in [5.74, 6) is -0.495. The molecule has 1 rings (SSSR count). The van der Waals surface area contributed by atoms with E-state index < -0.39 is 17.3 Å². The molecule has 4 nitrogen and oxygen atoms in total. The molecule has 0 radical (unpaired) electrons. The summed E-state index contributed by atoms with van der Waals surface area (Å²) >= 11 is 0. The maximum absolute atomic E-state index is 10.1. The highest BCUT2D eigenvalue weighted by molar-refractivity contribution is 4.97. The van der Waals surface area contributed by atoms with Gasteiger partial charge in [0.15, 0.2) is 0 Å². The molecule has 0 aliphatic carbocycles. The third kappa shape index (κ3) is 2.91. The molecule has 0 aromatic heterocycles. The van der Waals surface area contributed by atoms with Gasteiger partial charge in [-0.1, -0.05) is 0 Å². The van der Waals surface area contributed by atoms with Crippen molar-refractivity contribution in [3.8, 4) is 0 Å². The maximum atomic E-state index is 10.1. The second-order valence-corrected chi connectivity index (χ2v) is 5.67. The largest absolute Gasteiger partial charge is 0.392 e. The smallest absolute Gasteiger partial charge is 0.0675 e. The molecule has 4 N–H and O–H groups in total. The van der Waals surface area contributed by atoms with Crippen LogP contribution < -0.4 is 5.32 Å². The van der Waals surface area contributed by atoms with Crippen LogP contribution in [0.25, 0.3) is 0 Å². The highest BCUT2D eigenvalue weighted by Crippen LogP contribution is 2.32. The van der Waals surface area contributed by atoms with E-state index in [4.69, 9.17) is 0 Å². The molecular weight excluding hydrogens is 194 g/mol. The van der Waals surface area contributed by atoms with E-state index in [0.717, 1.165) is 0 Å². The fourth-order valence-corrected chi connectivity index (χ4v) is 2.25. The summed E-state index contributed by atoms with van der Waals surface area (Å²) in [6.07, 6.45) is -0.675. The summed E-state index contributed by atoms with van der Waals surface area (Å²) in [6.45, 7) is 7.92. The maximum Gasteiger partial charge on any atom is 0.0675 e. The molecule has 0 aromatic rings. The van der Waals surface area contributed by atoms with E-state index >= 15 is 0 Å². The first-order chi connectivity index (χ1) is 6.64. The number of rotatable bonds is 2. The second-order valence-electron chi connectivity index (χ2n) is 5.67. The summed E-state index contributed by atoms with van der Waals surface area (Å²) in [5.41, 5.74) is -1.87. The van der Waals surface area contributed by atoms with Crippen molar-refractivity contribution in [2.24, 2.45) is 11.8 Å². The molecule has 0 aromatic carbocycles. The van der Waals surface area contributed by atoms with Gasteiger partial charge in [-0.3, -0.25) is 0 Å². The average Bonchev–Trinajstić information content (AvgIpc) is 1.99. The van der Waals surface area contributed by atoms with Gasteiger partial charge < -0.3 is 20.6 Å². The normalized spacial score (nSPS) is 34.2. The minimum absolute atomic E-state index is 0.248. The van der Waals surface area contributed by atoms with Gasteiger partial charge in [0.2, 0.25) is 0 Å². The standard InChI is InChI=1S/C11H23NO3/c1-10(2,14)7-5-12-6-8(9(7)13)11(3,4)15/h7-9,12-15H,5-6H2,1-4H3/t7-,8+,9?. The van der Waals surface area contributed by atoms with Crippen LogP contribution >= 0.6 is 0 Å². The van der Waals surface area contributed by atoms with Gasteiger partial charge in [-0.2, -0.15) is 0 Å². The molecule has 1 unspecified atom stereocenters. The Hall–Kier alpha value is -0.160. The molecule has 3 atom stereocenters.